The van der Waals surface area contributed by atoms with Gasteiger partial charge in [0, 0.05) is 10.8 Å². The summed E-state index contributed by atoms with van der Waals surface area (Å²) in [5, 5.41) is 10.8. The first-order valence-electron chi connectivity index (χ1n) is 5.61. The summed E-state index contributed by atoms with van der Waals surface area (Å²) in [7, 11) is 0. The summed E-state index contributed by atoms with van der Waals surface area (Å²) in [5.41, 5.74) is 0.504. The van der Waals surface area contributed by atoms with E-state index in [1.165, 1.54) is 6.07 Å². The molecular formula is C13H7NO5. The fraction of sp³-hybridized carbons (Fsp3) is 0.0769. The molecule has 2 aromatic rings. The van der Waals surface area contributed by atoms with E-state index < -0.39 is 11.8 Å². The molecule has 2 heterocycles. The Hall–Kier alpha value is -2.60. The van der Waals surface area contributed by atoms with Crippen LogP contribution in [-0.4, -0.2) is 28.9 Å². The maximum absolute atomic E-state index is 12.0. The zero-order valence-corrected chi connectivity index (χ0v) is 9.54. The highest BCUT2D eigenvalue weighted by Crippen LogP contribution is 2.43. The van der Waals surface area contributed by atoms with Crippen molar-refractivity contribution in [2.75, 3.05) is 6.79 Å². The number of imide groups is 1. The third kappa shape index (κ3) is 1.13. The third-order valence-corrected chi connectivity index (χ3v) is 3.34. The van der Waals surface area contributed by atoms with Gasteiger partial charge in [0.1, 0.15) is 0 Å². The number of ether oxygens (including phenoxy) is 2. The van der Waals surface area contributed by atoms with Crippen molar-refractivity contribution in [3.63, 3.8) is 0 Å². The number of rotatable bonds is 0. The van der Waals surface area contributed by atoms with Crippen molar-refractivity contribution in [2.24, 2.45) is 0 Å². The Labute approximate surface area is 106 Å². The van der Waals surface area contributed by atoms with E-state index in [9.17, 15) is 14.8 Å². The third-order valence-electron chi connectivity index (χ3n) is 3.34. The molecule has 0 saturated carbocycles. The molecule has 2 aliphatic heterocycles. The highest BCUT2D eigenvalue weighted by molar-refractivity contribution is 6.25. The molecular weight excluding hydrogens is 250 g/mol. The lowest BCUT2D eigenvalue weighted by atomic mass is 9.94. The van der Waals surface area contributed by atoms with Crippen molar-refractivity contribution in [1.29, 1.82) is 0 Å². The summed E-state index contributed by atoms with van der Waals surface area (Å²) in [4.78, 5) is 23.9. The van der Waals surface area contributed by atoms with Gasteiger partial charge < -0.3 is 9.47 Å². The van der Waals surface area contributed by atoms with Gasteiger partial charge in [-0.1, -0.05) is 12.1 Å². The van der Waals surface area contributed by atoms with E-state index in [0.29, 0.717) is 22.3 Å². The summed E-state index contributed by atoms with van der Waals surface area (Å²) in [6.07, 6.45) is 0. The number of hydroxylamine groups is 2. The molecule has 6 nitrogen and oxygen atoms in total. The molecule has 0 radical (unpaired) electrons. The predicted molar refractivity (Wildman–Crippen MR) is 62.4 cm³/mol. The molecule has 0 saturated heterocycles. The number of carbonyl (C=O) groups is 2. The van der Waals surface area contributed by atoms with Crippen molar-refractivity contribution in [3.05, 3.63) is 35.4 Å². The van der Waals surface area contributed by atoms with Gasteiger partial charge in [0.05, 0.1) is 11.1 Å². The molecule has 0 aromatic heterocycles. The van der Waals surface area contributed by atoms with Crippen molar-refractivity contribution in [3.8, 4) is 11.5 Å². The molecule has 4 rings (SSSR count). The fourth-order valence-electron chi connectivity index (χ4n) is 2.51. The Morgan fingerprint density at radius 1 is 1.11 bits per heavy atom. The molecule has 94 valence electrons. The number of fused-ring (bicyclic) bond motifs is 2. The van der Waals surface area contributed by atoms with Crippen LogP contribution in [0, 0.1) is 0 Å². The zero-order chi connectivity index (χ0) is 13.1. The van der Waals surface area contributed by atoms with Crippen LogP contribution in [0.5, 0.6) is 11.5 Å². The molecule has 2 amide bonds. The van der Waals surface area contributed by atoms with Gasteiger partial charge in [-0.25, -0.2) is 0 Å². The first-order chi connectivity index (χ1) is 9.18. The van der Waals surface area contributed by atoms with Crippen LogP contribution in [0.25, 0.3) is 10.8 Å². The summed E-state index contributed by atoms with van der Waals surface area (Å²) in [6.45, 7) is 0.0725. The first-order valence-corrected chi connectivity index (χ1v) is 5.61. The molecule has 0 bridgehead atoms. The Kier molecular flexibility index (Phi) is 1.76. The van der Waals surface area contributed by atoms with Gasteiger partial charge >= 0.3 is 0 Å². The van der Waals surface area contributed by atoms with Gasteiger partial charge in [-0.2, -0.15) is 0 Å². The lowest BCUT2D eigenvalue weighted by Gasteiger charge is -2.22. The fourth-order valence-corrected chi connectivity index (χ4v) is 2.51. The summed E-state index contributed by atoms with van der Waals surface area (Å²) >= 11 is 0. The van der Waals surface area contributed by atoms with E-state index in [1.807, 2.05) is 0 Å². The largest absolute Gasteiger partial charge is 0.454 e. The predicted octanol–water partition coefficient (Wildman–Crippen LogP) is 1.55. The van der Waals surface area contributed by atoms with Crippen molar-refractivity contribution in [1.82, 2.24) is 5.06 Å². The average molecular weight is 257 g/mol. The van der Waals surface area contributed by atoms with E-state index in [4.69, 9.17) is 9.47 Å². The number of carbonyl (C=O) groups excluding carboxylic acids is 2. The van der Waals surface area contributed by atoms with Crippen LogP contribution in [0.15, 0.2) is 24.3 Å². The van der Waals surface area contributed by atoms with Gasteiger partial charge in [-0.05, 0) is 12.1 Å². The van der Waals surface area contributed by atoms with Crippen LogP contribution in [0.4, 0.5) is 0 Å². The lowest BCUT2D eigenvalue weighted by Crippen LogP contribution is -2.37. The number of nitrogens with zero attached hydrogens (tertiary/aromatic N) is 1. The number of hydrogen-bond acceptors (Lipinski definition) is 5. The standard InChI is InChI=1S/C13H7NO5/c15-12-7-3-1-2-6-10(7)8(13(16)14(12)17)4-9-11(6)19-5-18-9/h1-4,17H,5H2. The number of hydrogen-bond donors (Lipinski definition) is 1. The summed E-state index contributed by atoms with van der Waals surface area (Å²) in [5.74, 6) is -0.530. The monoisotopic (exact) mass is 257 g/mol. The molecule has 6 heteroatoms. The highest BCUT2D eigenvalue weighted by atomic mass is 16.7. The van der Waals surface area contributed by atoms with Crippen LogP contribution < -0.4 is 9.47 Å². The average Bonchev–Trinajstić information content (AvgIpc) is 2.90. The summed E-state index contributed by atoms with van der Waals surface area (Å²) in [6, 6.07) is 6.48. The Morgan fingerprint density at radius 2 is 1.89 bits per heavy atom. The van der Waals surface area contributed by atoms with Gasteiger partial charge in [-0.15, -0.1) is 5.06 Å². The number of benzene rings is 2. The highest BCUT2D eigenvalue weighted by Gasteiger charge is 2.35. The molecule has 0 spiro atoms. The zero-order valence-electron chi connectivity index (χ0n) is 9.54. The minimum Gasteiger partial charge on any atom is -0.454 e. The second-order valence-electron chi connectivity index (χ2n) is 4.31. The van der Waals surface area contributed by atoms with E-state index in [-0.39, 0.29) is 23.0 Å². The normalized spacial score (nSPS) is 16.4. The van der Waals surface area contributed by atoms with Crippen LogP contribution in [0.1, 0.15) is 20.7 Å². The van der Waals surface area contributed by atoms with Crippen LogP contribution >= 0.6 is 0 Å². The maximum Gasteiger partial charge on any atom is 0.285 e. The molecule has 2 aromatic carbocycles. The van der Waals surface area contributed by atoms with Gasteiger partial charge in [0.2, 0.25) is 6.79 Å². The molecule has 1 N–H and O–H groups in total. The molecule has 0 atom stereocenters. The first kappa shape index (κ1) is 10.3. The molecule has 19 heavy (non-hydrogen) atoms. The topological polar surface area (TPSA) is 76.1 Å². The van der Waals surface area contributed by atoms with Crippen molar-refractivity contribution < 1.29 is 24.3 Å². The van der Waals surface area contributed by atoms with Gasteiger partial charge in [-0.3, -0.25) is 14.8 Å². The smallest absolute Gasteiger partial charge is 0.285 e. The van der Waals surface area contributed by atoms with Crippen LogP contribution in [0.2, 0.25) is 0 Å². The van der Waals surface area contributed by atoms with E-state index >= 15 is 0 Å². The SMILES string of the molecule is O=C1c2cccc3c4c(cc(c23)C(=O)N1O)OCO4. The van der Waals surface area contributed by atoms with Crippen molar-refractivity contribution >= 4 is 22.6 Å². The van der Waals surface area contributed by atoms with Gasteiger partial charge in [0.15, 0.2) is 11.5 Å². The molecule has 2 aliphatic rings. The molecule has 0 fully saturated rings. The lowest BCUT2D eigenvalue weighted by molar-refractivity contribution is -0.0377. The Balaban J connectivity index is 2.22. The minimum atomic E-state index is -0.757. The maximum atomic E-state index is 12.0. The van der Waals surface area contributed by atoms with E-state index in [1.54, 1.807) is 18.2 Å². The Morgan fingerprint density at radius 3 is 2.74 bits per heavy atom. The van der Waals surface area contributed by atoms with E-state index in [0.717, 1.165) is 0 Å². The second-order valence-corrected chi connectivity index (χ2v) is 4.31. The second kappa shape index (κ2) is 3.24. The summed E-state index contributed by atoms with van der Waals surface area (Å²) < 4.78 is 10.6. The minimum absolute atomic E-state index is 0.0725. The Bertz CT molecular complexity index is 767. The quantitative estimate of drug-likeness (QED) is 0.572. The van der Waals surface area contributed by atoms with E-state index in [2.05, 4.69) is 0 Å². The van der Waals surface area contributed by atoms with Crippen LogP contribution in [0.3, 0.4) is 0 Å². The van der Waals surface area contributed by atoms with Crippen LogP contribution in [-0.2, 0) is 0 Å². The number of amides is 2. The molecule has 0 unspecified atom stereocenters. The van der Waals surface area contributed by atoms with Gasteiger partial charge in [0.25, 0.3) is 11.8 Å². The molecule has 0 aliphatic carbocycles. The van der Waals surface area contributed by atoms with Crippen molar-refractivity contribution in [2.45, 2.75) is 0 Å².